The molecule has 2 rings (SSSR count). The number of hydrogen-bond donors (Lipinski definition) is 2. The molecule has 0 unspecified atom stereocenters. The van der Waals surface area contributed by atoms with Crippen molar-refractivity contribution in [3.05, 3.63) is 57.6 Å². The highest BCUT2D eigenvalue weighted by molar-refractivity contribution is 6.36. The summed E-state index contributed by atoms with van der Waals surface area (Å²) in [6.07, 6.45) is 0. The van der Waals surface area contributed by atoms with Crippen molar-refractivity contribution in [2.75, 3.05) is 5.32 Å². The Hall–Kier alpha value is -1.71. The molecule has 3 nitrogen and oxygen atoms in total. The van der Waals surface area contributed by atoms with E-state index in [0.29, 0.717) is 21.4 Å². The second-order valence-electron chi connectivity index (χ2n) is 4.04. The number of carboxylic acids is 1. The first-order valence-electron chi connectivity index (χ1n) is 5.54. The number of benzene rings is 2. The summed E-state index contributed by atoms with van der Waals surface area (Å²) in [4.78, 5) is 11.1. The SMILES string of the molecule is Cc1c(Cl)cc(Nc2ccccc2C(=O)O)cc1Cl. The summed E-state index contributed by atoms with van der Waals surface area (Å²) in [6, 6.07) is 10.1. The number of halogens is 2. The zero-order valence-corrected chi connectivity index (χ0v) is 11.6. The molecule has 2 aromatic rings. The first-order chi connectivity index (χ1) is 8.99. The molecule has 2 aromatic carbocycles. The van der Waals surface area contributed by atoms with E-state index in [4.69, 9.17) is 28.3 Å². The zero-order valence-electron chi connectivity index (χ0n) is 10.1. The summed E-state index contributed by atoms with van der Waals surface area (Å²) >= 11 is 12.1. The van der Waals surface area contributed by atoms with Gasteiger partial charge in [0.15, 0.2) is 0 Å². The molecule has 0 aromatic heterocycles. The minimum absolute atomic E-state index is 0.190. The van der Waals surface area contributed by atoms with E-state index in [1.165, 1.54) is 6.07 Å². The topological polar surface area (TPSA) is 49.3 Å². The number of rotatable bonds is 3. The largest absolute Gasteiger partial charge is 0.478 e. The Morgan fingerprint density at radius 1 is 1.16 bits per heavy atom. The number of aromatic carboxylic acids is 1. The Morgan fingerprint density at radius 3 is 2.32 bits per heavy atom. The molecule has 0 radical (unpaired) electrons. The van der Waals surface area contributed by atoms with Crippen LogP contribution in [0, 0.1) is 6.92 Å². The normalized spacial score (nSPS) is 10.3. The first kappa shape index (κ1) is 13.7. The molecule has 98 valence electrons. The lowest BCUT2D eigenvalue weighted by Crippen LogP contribution is -2.02. The second kappa shape index (κ2) is 5.51. The predicted molar refractivity (Wildman–Crippen MR) is 77.9 cm³/mol. The third-order valence-corrected chi connectivity index (χ3v) is 3.50. The standard InChI is InChI=1S/C14H11Cl2NO2/c1-8-11(15)6-9(7-12(8)16)17-13-5-3-2-4-10(13)14(18)19/h2-7,17H,1H3,(H,18,19). The van der Waals surface area contributed by atoms with Crippen LogP contribution in [0.3, 0.4) is 0 Å². The molecule has 19 heavy (non-hydrogen) atoms. The van der Waals surface area contributed by atoms with Crippen LogP contribution in [0.25, 0.3) is 0 Å². The van der Waals surface area contributed by atoms with Gasteiger partial charge in [0.2, 0.25) is 0 Å². The van der Waals surface area contributed by atoms with Crippen LogP contribution in [-0.4, -0.2) is 11.1 Å². The summed E-state index contributed by atoms with van der Waals surface area (Å²) in [6.45, 7) is 1.82. The fourth-order valence-electron chi connectivity index (χ4n) is 1.65. The van der Waals surface area contributed by atoms with Gasteiger partial charge in [-0.2, -0.15) is 0 Å². The van der Waals surface area contributed by atoms with E-state index < -0.39 is 5.97 Å². The Morgan fingerprint density at radius 2 is 1.74 bits per heavy atom. The first-order valence-corrected chi connectivity index (χ1v) is 6.29. The van der Waals surface area contributed by atoms with Gasteiger partial charge in [-0.1, -0.05) is 35.3 Å². The van der Waals surface area contributed by atoms with Gasteiger partial charge in [-0.05, 0) is 36.8 Å². The maximum atomic E-state index is 11.1. The van der Waals surface area contributed by atoms with E-state index in [0.717, 1.165) is 5.56 Å². The van der Waals surface area contributed by atoms with Crippen LogP contribution < -0.4 is 5.32 Å². The molecular weight excluding hydrogens is 285 g/mol. The van der Waals surface area contributed by atoms with E-state index in [2.05, 4.69) is 5.32 Å². The molecule has 0 saturated heterocycles. The van der Waals surface area contributed by atoms with E-state index in [1.807, 2.05) is 6.92 Å². The maximum absolute atomic E-state index is 11.1. The van der Waals surface area contributed by atoms with Crippen molar-refractivity contribution < 1.29 is 9.90 Å². The second-order valence-corrected chi connectivity index (χ2v) is 4.86. The molecule has 2 N–H and O–H groups in total. The highest BCUT2D eigenvalue weighted by atomic mass is 35.5. The van der Waals surface area contributed by atoms with Crippen molar-refractivity contribution >= 4 is 40.5 Å². The third kappa shape index (κ3) is 3.00. The van der Waals surface area contributed by atoms with Crippen molar-refractivity contribution in [2.45, 2.75) is 6.92 Å². The molecule has 0 aliphatic rings. The van der Waals surface area contributed by atoms with E-state index in [1.54, 1.807) is 30.3 Å². The van der Waals surface area contributed by atoms with Crippen LogP contribution in [-0.2, 0) is 0 Å². The molecule has 0 spiro atoms. The van der Waals surface area contributed by atoms with Crippen LogP contribution in [0.5, 0.6) is 0 Å². The lowest BCUT2D eigenvalue weighted by molar-refractivity contribution is 0.0698. The number of para-hydroxylation sites is 1. The molecule has 5 heteroatoms. The van der Waals surface area contributed by atoms with Gasteiger partial charge in [0, 0.05) is 15.7 Å². The highest BCUT2D eigenvalue weighted by Crippen LogP contribution is 2.30. The van der Waals surface area contributed by atoms with Gasteiger partial charge in [0.05, 0.1) is 11.3 Å². The van der Waals surface area contributed by atoms with Crippen molar-refractivity contribution in [3.63, 3.8) is 0 Å². The summed E-state index contributed by atoms with van der Waals surface area (Å²) in [5.41, 5.74) is 2.12. The smallest absolute Gasteiger partial charge is 0.337 e. The Bertz CT molecular complexity index is 618. The van der Waals surface area contributed by atoms with Gasteiger partial charge in [-0.15, -0.1) is 0 Å². The zero-order chi connectivity index (χ0) is 14.0. The van der Waals surface area contributed by atoms with Crippen molar-refractivity contribution in [3.8, 4) is 0 Å². The summed E-state index contributed by atoms with van der Waals surface area (Å²) in [7, 11) is 0. The number of nitrogens with one attached hydrogen (secondary N) is 1. The molecular formula is C14H11Cl2NO2. The van der Waals surface area contributed by atoms with Crippen molar-refractivity contribution in [1.82, 2.24) is 0 Å². The third-order valence-electron chi connectivity index (χ3n) is 2.72. The lowest BCUT2D eigenvalue weighted by atomic mass is 10.1. The predicted octanol–water partition coefficient (Wildman–Crippen LogP) is 4.74. The van der Waals surface area contributed by atoms with Crippen molar-refractivity contribution in [1.29, 1.82) is 0 Å². The van der Waals surface area contributed by atoms with Crippen LogP contribution >= 0.6 is 23.2 Å². The Balaban J connectivity index is 2.39. The Labute approximate surface area is 120 Å². The van der Waals surface area contributed by atoms with Crippen LogP contribution in [0.15, 0.2) is 36.4 Å². The monoisotopic (exact) mass is 295 g/mol. The average molecular weight is 296 g/mol. The molecule has 0 atom stereocenters. The quantitative estimate of drug-likeness (QED) is 0.859. The lowest BCUT2D eigenvalue weighted by Gasteiger charge is -2.11. The maximum Gasteiger partial charge on any atom is 0.337 e. The summed E-state index contributed by atoms with van der Waals surface area (Å²) in [5, 5.41) is 13.2. The summed E-state index contributed by atoms with van der Waals surface area (Å²) in [5.74, 6) is -0.993. The molecule has 0 saturated carbocycles. The molecule has 0 bridgehead atoms. The molecule has 0 amide bonds. The fourth-order valence-corrected chi connectivity index (χ4v) is 2.14. The van der Waals surface area contributed by atoms with E-state index >= 15 is 0 Å². The van der Waals surface area contributed by atoms with Gasteiger partial charge in [-0.25, -0.2) is 4.79 Å². The molecule has 0 heterocycles. The summed E-state index contributed by atoms with van der Waals surface area (Å²) < 4.78 is 0. The average Bonchev–Trinajstić information content (AvgIpc) is 2.36. The molecule has 0 fully saturated rings. The van der Waals surface area contributed by atoms with Crippen LogP contribution in [0.4, 0.5) is 11.4 Å². The van der Waals surface area contributed by atoms with Gasteiger partial charge in [-0.3, -0.25) is 0 Å². The van der Waals surface area contributed by atoms with Crippen LogP contribution in [0.1, 0.15) is 15.9 Å². The molecule has 0 aliphatic heterocycles. The number of hydrogen-bond acceptors (Lipinski definition) is 2. The van der Waals surface area contributed by atoms with Gasteiger partial charge in [0.1, 0.15) is 0 Å². The minimum Gasteiger partial charge on any atom is -0.478 e. The van der Waals surface area contributed by atoms with Gasteiger partial charge in [0.25, 0.3) is 0 Å². The Kier molecular flexibility index (Phi) is 3.98. The van der Waals surface area contributed by atoms with Gasteiger partial charge < -0.3 is 10.4 Å². The number of carbonyl (C=O) groups is 1. The fraction of sp³-hybridized carbons (Fsp3) is 0.0714. The van der Waals surface area contributed by atoms with Crippen molar-refractivity contribution in [2.24, 2.45) is 0 Å². The minimum atomic E-state index is -0.993. The van der Waals surface area contributed by atoms with Crippen LogP contribution in [0.2, 0.25) is 10.0 Å². The van der Waals surface area contributed by atoms with Gasteiger partial charge >= 0.3 is 5.97 Å². The number of anilines is 2. The van der Waals surface area contributed by atoms with E-state index in [-0.39, 0.29) is 5.56 Å². The number of carboxylic acid groups (broad SMARTS) is 1. The highest BCUT2D eigenvalue weighted by Gasteiger charge is 2.10. The van der Waals surface area contributed by atoms with E-state index in [9.17, 15) is 4.79 Å². The molecule has 0 aliphatic carbocycles.